The Kier molecular flexibility index (Phi) is 4.59. The molecule has 0 aromatic carbocycles. The van der Waals surface area contributed by atoms with E-state index in [1.54, 1.807) is 4.90 Å². The minimum absolute atomic E-state index is 0.0529. The number of rotatable bonds is 3. The number of urea groups is 1. The van der Waals surface area contributed by atoms with Crippen LogP contribution in [-0.4, -0.2) is 39.6 Å². The second-order valence-electron chi connectivity index (χ2n) is 5.14. The number of amides is 2. The number of thiazole rings is 1. The Hall–Kier alpha value is -1.63. The van der Waals surface area contributed by atoms with Crippen molar-refractivity contribution in [3.63, 3.8) is 0 Å². The molecule has 20 heavy (non-hydrogen) atoms. The molecule has 2 atom stereocenters. The summed E-state index contributed by atoms with van der Waals surface area (Å²) in [6, 6.07) is -0.197. The van der Waals surface area contributed by atoms with Gasteiger partial charge >= 0.3 is 12.0 Å². The molecule has 110 valence electrons. The SMILES string of the molecule is Cc1csc(CNC(=O)N2CCC(C(=O)O)CC2C)n1. The smallest absolute Gasteiger partial charge is 0.317 e. The molecule has 0 spiro atoms. The molecule has 2 unspecified atom stereocenters. The van der Waals surface area contributed by atoms with E-state index in [1.165, 1.54) is 11.3 Å². The minimum Gasteiger partial charge on any atom is -0.481 e. The zero-order valence-corrected chi connectivity index (χ0v) is 12.4. The maximum atomic E-state index is 12.1. The molecule has 7 heteroatoms. The van der Waals surface area contributed by atoms with Crippen molar-refractivity contribution in [1.82, 2.24) is 15.2 Å². The van der Waals surface area contributed by atoms with Crippen LogP contribution in [0.4, 0.5) is 4.79 Å². The lowest BCUT2D eigenvalue weighted by Gasteiger charge is -2.36. The van der Waals surface area contributed by atoms with Gasteiger partial charge in [0.25, 0.3) is 0 Å². The molecule has 2 N–H and O–H groups in total. The molecule has 1 aliphatic rings. The molecule has 1 aromatic rings. The number of carboxylic acids is 1. The molecular formula is C13H19N3O3S. The first kappa shape index (κ1) is 14.8. The van der Waals surface area contributed by atoms with Gasteiger partial charge in [0.1, 0.15) is 5.01 Å². The monoisotopic (exact) mass is 297 g/mol. The zero-order chi connectivity index (χ0) is 14.7. The van der Waals surface area contributed by atoms with Crippen molar-refractivity contribution < 1.29 is 14.7 Å². The first-order valence-electron chi connectivity index (χ1n) is 6.65. The predicted octanol–water partition coefficient (Wildman–Crippen LogP) is 1.85. The Balaban J connectivity index is 1.85. The molecule has 0 aliphatic carbocycles. The van der Waals surface area contributed by atoms with E-state index in [-0.39, 0.29) is 18.0 Å². The quantitative estimate of drug-likeness (QED) is 0.892. The fraction of sp³-hybridized carbons (Fsp3) is 0.615. The highest BCUT2D eigenvalue weighted by Gasteiger charge is 2.32. The average molecular weight is 297 g/mol. The lowest BCUT2D eigenvalue weighted by atomic mass is 9.92. The zero-order valence-electron chi connectivity index (χ0n) is 11.6. The molecule has 1 saturated heterocycles. The van der Waals surface area contributed by atoms with Crippen LogP contribution in [-0.2, 0) is 11.3 Å². The van der Waals surface area contributed by atoms with Gasteiger partial charge in [-0.3, -0.25) is 4.79 Å². The number of carbonyl (C=O) groups is 2. The number of nitrogens with zero attached hydrogens (tertiary/aromatic N) is 2. The van der Waals surface area contributed by atoms with Gasteiger partial charge in [0, 0.05) is 23.7 Å². The number of likely N-dealkylation sites (tertiary alicyclic amines) is 1. The van der Waals surface area contributed by atoms with E-state index < -0.39 is 5.97 Å². The van der Waals surface area contributed by atoms with Crippen molar-refractivity contribution in [2.24, 2.45) is 5.92 Å². The number of aliphatic carboxylic acids is 1. The Morgan fingerprint density at radius 1 is 1.60 bits per heavy atom. The first-order valence-corrected chi connectivity index (χ1v) is 7.53. The highest BCUT2D eigenvalue weighted by atomic mass is 32.1. The number of nitrogens with one attached hydrogen (secondary N) is 1. The molecule has 6 nitrogen and oxygen atoms in total. The van der Waals surface area contributed by atoms with E-state index in [2.05, 4.69) is 10.3 Å². The lowest BCUT2D eigenvalue weighted by Crippen LogP contribution is -2.50. The third-order valence-electron chi connectivity index (χ3n) is 3.54. The van der Waals surface area contributed by atoms with Crippen LogP contribution in [0.1, 0.15) is 30.5 Å². The molecule has 0 radical (unpaired) electrons. The molecule has 0 saturated carbocycles. The standard InChI is InChI=1S/C13H19N3O3S/c1-8-7-20-11(15-8)6-14-13(19)16-4-3-10(12(17)18)5-9(16)2/h7,9-10H,3-6H2,1-2H3,(H,14,19)(H,17,18). The number of aromatic nitrogens is 1. The highest BCUT2D eigenvalue weighted by molar-refractivity contribution is 7.09. The second kappa shape index (κ2) is 6.21. The predicted molar refractivity (Wildman–Crippen MR) is 75.6 cm³/mol. The maximum Gasteiger partial charge on any atom is 0.317 e. The van der Waals surface area contributed by atoms with Crippen LogP contribution >= 0.6 is 11.3 Å². The summed E-state index contributed by atoms with van der Waals surface area (Å²) >= 11 is 1.52. The fourth-order valence-corrected chi connectivity index (χ4v) is 3.15. The third-order valence-corrected chi connectivity index (χ3v) is 4.51. The summed E-state index contributed by atoms with van der Waals surface area (Å²) in [7, 11) is 0. The molecule has 1 aliphatic heterocycles. The van der Waals surface area contributed by atoms with Crippen molar-refractivity contribution in [2.75, 3.05) is 6.54 Å². The van der Waals surface area contributed by atoms with Crippen molar-refractivity contribution in [2.45, 2.75) is 39.3 Å². The third kappa shape index (κ3) is 3.47. The van der Waals surface area contributed by atoms with E-state index in [1.807, 2.05) is 19.2 Å². The Morgan fingerprint density at radius 2 is 2.35 bits per heavy atom. The van der Waals surface area contributed by atoms with Crippen LogP contribution in [0.15, 0.2) is 5.38 Å². The van der Waals surface area contributed by atoms with Gasteiger partial charge in [0.2, 0.25) is 0 Å². The van der Waals surface area contributed by atoms with Gasteiger partial charge in [-0.1, -0.05) is 0 Å². The number of carbonyl (C=O) groups excluding carboxylic acids is 1. The number of carboxylic acid groups (broad SMARTS) is 1. The number of piperidine rings is 1. The van der Waals surface area contributed by atoms with E-state index in [4.69, 9.17) is 5.11 Å². The summed E-state index contributed by atoms with van der Waals surface area (Å²) in [4.78, 5) is 29.1. The summed E-state index contributed by atoms with van der Waals surface area (Å²) in [6.45, 7) is 4.71. The van der Waals surface area contributed by atoms with Crippen molar-refractivity contribution >= 4 is 23.3 Å². The van der Waals surface area contributed by atoms with Gasteiger partial charge < -0.3 is 15.3 Å². The summed E-state index contributed by atoms with van der Waals surface area (Å²) < 4.78 is 0. The molecule has 2 rings (SSSR count). The highest BCUT2D eigenvalue weighted by Crippen LogP contribution is 2.23. The van der Waals surface area contributed by atoms with Crippen molar-refractivity contribution in [3.05, 3.63) is 16.1 Å². The van der Waals surface area contributed by atoms with E-state index in [9.17, 15) is 9.59 Å². The van der Waals surface area contributed by atoms with Crippen molar-refractivity contribution in [3.8, 4) is 0 Å². The van der Waals surface area contributed by atoms with Gasteiger partial charge in [-0.2, -0.15) is 0 Å². The Morgan fingerprint density at radius 3 is 2.90 bits per heavy atom. The van der Waals surface area contributed by atoms with Gasteiger partial charge in [-0.05, 0) is 26.7 Å². The van der Waals surface area contributed by atoms with E-state index in [0.717, 1.165) is 10.7 Å². The molecule has 1 aromatic heterocycles. The summed E-state index contributed by atoms with van der Waals surface area (Å²) in [5.74, 6) is -1.11. The molecule has 0 bridgehead atoms. The molecule has 2 heterocycles. The molecule has 1 fully saturated rings. The van der Waals surface area contributed by atoms with Crippen LogP contribution in [0, 0.1) is 12.8 Å². The largest absolute Gasteiger partial charge is 0.481 e. The van der Waals surface area contributed by atoms with Gasteiger partial charge in [0.15, 0.2) is 0 Å². The summed E-state index contributed by atoms with van der Waals surface area (Å²) in [5, 5.41) is 14.7. The first-order chi connectivity index (χ1) is 9.47. The number of hydrogen-bond acceptors (Lipinski definition) is 4. The van der Waals surface area contributed by atoms with Crippen LogP contribution in [0.5, 0.6) is 0 Å². The van der Waals surface area contributed by atoms with Crippen LogP contribution in [0.25, 0.3) is 0 Å². The average Bonchev–Trinajstić information content (AvgIpc) is 2.81. The molecule has 2 amide bonds. The normalized spacial score (nSPS) is 22.6. The second-order valence-corrected chi connectivity index (χ2v) is 6.09. The maximum absolute atomic E-state index is 12.1. The van der Waals surface area contributed by atoms with Crippen molar-refractivity contribution in [1.29, 1.82) is 0 Å². The van der Waals surface area contributed by atoms with Gasteiger partial charge in [-0.15, -0.1) is 11.3 Å². The number of aryl methyl sites for hydroxylation is 1. The Bertz CT molecular complexity index is 503. The minimum atomic E-state index is -0.768. The van der Waals surface area contributed by atoms with Crippen LogP contribution in [0.2, 0.25) is 0 Å². The Labute approximate surface area is 121 Å². The van der Waals surface area contributed by atoms with Crippen LogP contribution < -0.4 is 5.32 Å². The van der Waals surface area contributed by atoms with Gasteiger partial charge in [-0.25, -0.2) is 9.78 Å². The van der Waals surface area contributed by atoms with E-state index in [0.29, 0.717) is 25.9 Å². The summed E-state index contributed by atoms with van der Waals surface area (Å²) in [6.07, 6.45) is 1.03. The van der Waals surface area contributed by atoms with E-state index >= 15 is 0 Å². The topological polar surface area (TPSA) is 82.5 Å². The number of hydrogen-bond donors (Lipinski definition) is 2. The fourth-order valence-electron chi connectivity index (χ4n) is 2.43. The summed E-state index contributed by atoms with van der Waals surface area (Å²) in [5.41, 5.74) is 0.954. The van der Waals surface area contributed by atoms with Crippen LogP contribution in [0.3, 0.4) is 0 Å². The van der Waals surface area contributed by atoms with Gasteiger partial charge in [0.05, 0.1) is 12.5 Å². The molecular weight excluding hydrogens is 278 g/mol. The lowest BCUT2D eigenvalue weighted by molar-refractivity contribution is -0.143.